The topological polar surface area (TPSA) is 73.6 Å². The lowest BCUT2D eigenvalue weighted by molar-refractivity contribution is 0.373. The van der Waals surface area contributed by atoms with E-state index in [1.165, 1.54) is 7.11 Å². The fraction of sp³-hybridized carbons (Fsp3) is 0.120. The van der Waals surface area contributed by atoms with Gasteiger partial charge < -0.3 is 14.6 Å². The van der Waals surface area contributed by atoms with Gasteiger partial charge in [0.2, 0.25) is 0 Å². The number of aryl methyl sites for hydroxylation is 1. The predicted molar refractivity (Wildman–Crippen MR) is 122 cm³/mol. The van der Waals surface area contributed by atoms with Crippen LogP contribution in [0.3, 0.4) is 0 Å². The average molecular weight is 414 g/mol. The second-order valence-corrected chi connectivity index (χ2v) is 7.01. The number of hydrogen-bond donors (Lipinski definition) is 1. The molecule has 0 amide bonds. The van der Waals surface area contributed by atoms with E-state index in [4.69, 9.17) is 14.5 Å². The molecule has 0 saturated carbocycles. The molecule has 0 radical (unpaired) electrons. The van der Waals surface area contributed by atoms with E-state index in [1.54, 1.807) is 54.2 Å². The fourth-order valence-electron chi connectivity index (χ4n) is 3.52. The number of fused-ring (bicyclic) bond motifs is 1. The molecule has 6 nitrogen and oxygen atoms in total. The summed E-state index contributed by atoms with van der Waals surface area (Å²) in [5.74, 6) is 1.58. The molecule has 31 heavy (non-hydrogen) atoms. The quantitative estimate of drug-likeness (QED) is 0.517. The highest BCUT2D eigenvalue weighted by molar-refractivity contribution is 5.80. The van der Waals surface area contributed by atoms with Gasteiger partial charge >= 0.3 is 0 Å². The van der Waals surface area contributed by atoms with Crippen LogP contribution in [-0.4, -0.2) is 28.9 Å². The molecule has 0 atom stereocenters. The monoisotopic (exact) mass is 414 g/mol. The Morgan fingerprint density at radius 3 is 2.45 bits per heavy atom. The Morgan fingerprint density at radius 1 is 0.935 bits per heavy atom. The maximum absolute atomic E-state index is 13.4. The van der Waals surface area contributed by atoms with Crippen LogP contribution in [0.4, 0.5) is 0 Å². The van der Waals surface area contributed by atoms with E-state index >= 15 is 0 Å². The molecule has 0 aliphatic heterocycles. The Bertz CT molecular complexity index is 1360. The van der Waals surface area contributed by atoms with Gasteiger partial charge in [-0.25, -0.2) is 4.98 Å². The van der Waals surface area contributed by atoms with Crippen LogP contribution in [0, 0.1) is 6.92 Å². The molecule has 3 aromatic carbocycles. The van der Waals surface area contributed by atoms with Crippen LogP contribution < -0.4 is 15.0 Å². The van der Waals surface area contributed by atoms with Crippen LogP contribution in [0.25, 0.3) is 28.7 Å². The maximum atomic E-state index is 13.4. The van der Waals surface area contributed by atoms with Crippen molar-refractivity contribution in [2.24, 2.45) is 0 Å². The summed E-state index contributed by atoms with van der Waals surface area (Å²) in [5, 5.41) is 10.9. The highest BCUT2D eigenvalue weighted by Gasteiger charge is 2.13. The van der Waals surface area contributed by atoms with Crippen LogP contribution in [-0.2, 0) is 0 Å². The molecule has 1 N–H and O–H groups in total. The van der Waals surface area contributed by atoms with Crippen molar-refractivity contribution in [2.75, 3.05) is 14.2 Å². The third kappa shape index (κ3) is 3.75. The Balaban J connectivity index is 1.93. The first-order chi connectivity index (χ1) is 15.0. The summed E-state index contributed by atoms with van der Waals surface area (Å²) < 4.78 is 12.1. The molecule has 0 bridgehead atoms. The lowest BCUT2D eigenvalue weighted by Crippen LogP contribution is -2.22. The highest BCUT2D eigenvalue weighted by Crippen LogP contribution is 2.30. The van der Waals surface area contributed by atoms with E-state index in [9.17, 15) is 9.90 Å². The van der Waals surface area contributed by atoms with Gasteiger partial charge in [0.05, 0.1) is 30.8 Å². The largest absolute Gasteiger partial charge is 0.504 e. The molecular weight excluding hydrogens is 392 g/mol. The minimum atomic E-state index is -0.176. The SMILES string of the molecule is COc1ccc(-n2c(/C=C/c3cccc(OC)c3O)nc3ccccc3c2=O)cc1C. The van der Waals surface area contributed by atoms with Crippen molar-refractivity contribution in [3.63, 3.8) is 0 Å². The van der Waals surface area contributed by atoms with E-state index in [-0.39, 0.29) is 11.3 Å². The van der Waals surface area contributed by atoms with Gasteiger partial charge in [0.1, 0.15) is 11.6 Å². The zero-order valence-corrected chi connectivity index (χ0v) is 17.5. The zero-order chi connectivity index (χ0) is 22.0. The Morgan fingerprint density at radius 2 is 1.71 bits per heavy atom. The van der Waals surface area contributed by atoms with Gasteiger partial charge in [-0.3, -0.25) is 9.36 Å². The van der Waals surface area contributed by atoms with Crippen molar-refractivity contribution in [1.29, 1.82) is 0 Å². The van der Waals surface area contributed by atoms with Crippen LogP contribution >= 0.6 is 0 Å². The molecular formula is C25H22N2O4. The summed E-state index contributed by atoms with van der Waals surface area (Å²) in [6.45, 7) is 1.92. The molecule has 156 valence electrons. The fourth-order valence-corrected chi connectivity index (χ4v) is 3.52. The normalized spacial score (nSPS) is 11.2. The van der Waals surface area contributed by atoms with Gasteiger partial charge in [0.25, 0.3) is 5.56 Å². The number of methoxy groups -OCH3 is 2. The smallest absolute Gasteiger partial charge is 0.266 e. The second-order valence-electron chi connectivity index (χ2n) is 7.01. The van der Waals surface area contributed by atoms with E-state index < -0.39 is 0 Å². The average Bonchev–Trinajstić information content (AvgIpc) is 2.78. The number of ether oxygens (including phenoxy) is 2. The third-order valence-corrected chi connectivity index (χ3v) is 5.10. The number of aromatic hydroxyl groups is 1. The molecule has 0 aliphatic carbocycles. The van der Waals surface area contributed by atoms with Crippen LogP contribution in [0.15, 0.2) is 65.5 Å². The minimum absolute atomic E-state index is 0.0243. The summed E-state index contributed by atoms with van der Waals surface area (Å²) in [6, 6.07) is 18.0. The van der Waals surface area contributed by atoms with E-state index in [2.05, 4.69) is 0 Å². The molecule has 0 saturated heterocycles. The molecule has 1 aromatic heterocycles. The molecule has 1 heterocycles. The van der Waals surface area contributed by atoms with Crippen LogP contribution in [0.1, 0.15) is 17.0 Å². The van der Waals surface area contributed by atoms with E-state index in [1.807, 2.05) is 37.3 Å². The number of phenolic OH excluding ortho intramolecular Hbond substituents is 1. The maximum Gasteiger partial charge on any atom is 0.266 e. The first-order valence-corrected chi connectivity index (χ1v) is 9.74. The van der Waals surface area contributed by atoms with Crippen molar-refractivity contribution >= 4 is 23.1 Å². The predicted octanol–water partition coefficient (Wildman–Crippen LogP) is 4.59. The first-order valence-electron chi connectivity index (χ1n) is 9.74. The lowest BCUT2D eigenvalue weighted by atomic mass is 10.1. The van der Waals surface area contributed by atoms with Gasteiger partial charge in [-0.2, -0.15) is 0 Å². The molecule has 0 unspecified atom stereocenters. The van der Waals surface area contributed by atoms with E-state index in [0.29, 0.717) is 33.7 Å². The molecule has 4 aromatic rings. The Hall–Kier alpha value is -4.06. The summed E-state index contributed by atoms with van der Waals surface area (Å²) in [5.41, 5.74) is 2.56. The van der Waals surface area contributed by atoms with Crippen molar-refractivity contribution in [1.82, 2.24) is 9.55 Å². The second kappa shape index (κ2) is 8.36. The number of para-hydroxylation sites is 2. The van der Waals surface area contributed by atoms with Gasteiger partial charge in [0.15, 0.2) is 11.5 Å². The minimum Gasteiger partial charge on any atom is -0.504 e. The number of aromatic nitrogens is 2. The van der Waals surface area contributed by atoms with Crippen molar-refractivity contribution in [2.45, 2.75) is 6.92 Å². The Labute approximate surface area is 179 Å². The van der Waals surface area contributed by atoms with Crippen LogP contribution in [0.2, 0.25) is 0 Å². The first kappa shape index (κ1) is 20.2. The standard InChI is InChI=1S/C25H22N2O4/c1-16-15-18(12-13-21(16)30-2)27-23(26-20-9-5-4-8-19(20)25(27)29)14-11-17-7-6-10-22(31-3)24(17)28/h4-15,28H,1-3H3/b14-11+. The number of rotatable bonds is 5. The molecule has 6 heteroatoms. The van der Waals surface area contributed by atoms with Gasteiger partial charge in [-0.05, 0) is 61.0 Å². The Kier molecular flexibility index (Phi) is 5.45. The molecule has 0 aliphatic rings. The summed E-state index contributed by atoms with van der Waals surface area (Å²) in [6.07, 6.45) is 3.42. The summed E-state index contributed by atoms with van der Waals surface area (Å²) >= 11 is 0. The summed E-state index contributed by atoms with van der Waals surface area (Å²) in [7, 11) is 3.11. The number of benzene rings is 3. The number of phenols is 1. The lowest BCUT2D eigenvalue weighted by Gasteiger charge is -2.13. The molecule has 4 rings (SSSR count). The third-order valence-electron chi connectivity index (χ3n) is 5.10. The number of hydrogen-bond acceptors (Lipinski definition) is 5. The summed E-state index contributed by atoms with van der Waals surface area (Å²) in [4.78, 5) is 18.1. The number of nitrogens with zero attached hydrogens (tertiary/aromatic N) is 2. The molecule has 0 spiro atoms. The van der Waals surface area contributed by atoms with E-state index in [0.717, 1.165) is 11.3 Å². The van der Waals surface area contributed by atoms with Gasteiger partial charge in [0, 0.05) is 5.56 Å². The van der Waals surface area contributed by atoms with Gasteiger partial charge in [-0.1, -0.05) is 24.3 Å². The molecule has 0 fully saturated rings. The van der Waals surface area contributed by atoms with Crippen molar-refractivity contribution in [3.8, 4) is 22.9 Å². The van der Waals surface area contributed by atoms with Crippen LogP contribution in [0.5, 0.6) is 17.2 Å². The van der Waals surface area contributed by atoms with Crippen molar-refractivity contribution < 1.29 is 14.6 Å². The zero-order valence-electron chi connectivity index (χ0n) is 17.5. The van der Waals surface area contributed by atoms with Crippen molar-refractivity contribution in [3.05, 3.63) is 88.0 Å². The van der Waals surface area contributed by atoms with Gasteiger partial charge in [-0.15, -0.1) is 0 Å². The highest BCUT2D eigenvalue weighted by atomic mass is 16.5.